The smallest absolute Gasteiger partial charge is 0.142 e. The van der Waals surface area contributed by atoms with Crippen molar-refractivity contribution in [3.63, 3.8) is 0 Å². The number of benzene rings is 2. The number of para-hydroxylation sites is 2. The Balaban J connectivity index is 1.64. The largest absolute Gasteiger partial charge is 0.545 e. The van der Waals surface area contributed by atoms with Crippen LogP contribution < -0.4 is 14.7 Å². The number of nitrogens with zero attached hydrogens (tertiary/aromatic N) is 3. The number of piperazine rings is 1. The first-order valence-corrected chi connectivity index (χ1v) is 8.16. The second-order valence-corrected chi connectivity index (χ2v) is 5.73. The van der Waals surface area contributed by atoms with Crippen LogP contribution in [-0.2, 0) is 0 Å². The fourth-order valence-electron chi connectivity index (χ4n) is 2.88. The van der Waals surface area contributed by atoms with Crippen LogP contribution in [0.3, 0.4) is 0 Å². The van der Waals surface area contributed by atoms with Gasteiger partial charge in [0.15, 0.2) is 0 Å². The van der Waals surface area contributed by atoms with Gasteiger partial charge in [-0.3, -0.25) is 5.01 Å². The molecule has 2 aromatic rings. The molecule has 0 N–H and O–H groups in total. The van der Waals surface area contributed by atoms with E-state index < -0.39 is 5.97 Å². The number of carbonyl (C=O) groups excluding carboxylic acids is 1. The summed E-state index contributed by atoms with van der Waals surface area (Å²) in [5, 5.41) is 17.5. The highest BCUT2D eigenvalue weighted by molar-refractivity contribution is 5.97. The molecule has 1 aliphatic rings. The van der Waals surface area contributed by atoms with Crippen molar-refractivity contribution in [3.8, 4) is 5.75 Å². The first kappa shape index (κ1) is 16.8. The van der Waals surface area contributed by atoms with Gasteiger partial charge in [0, 0.05) is 24.2 Å². The molecule has 6 nitrogen and oxygen atoms in total. The van der Waals surface area contributed by atoms with E-state index in [9.17, 15) is 9.90 Å². The molecule has 0 bridgehead atoms. The number of methoxy groups -OCH3 is 1. The molecular formula is C19H20N3O3-. The molecular weight excluding hydrogens is 318 g/mol. The number of anilines is 1. The average molecular weight is 338 g/mol. The molecule has 0 aromatic heterocycles. The summed E-state index contributed by atoms with van der Waals surface area (Å²) in [4.78, 5) is 13.4. The highest BCUT2D eigenvalue weighted by atomic mass is 16.5. The summed E-state index contributed by atoms with van der Waals surface area (Å²) in [5.74, 6) is -0.328. The molecule has 0 saturated carbocycles. The van der Waals surface area contributed by atoms with Crippen LogP contribution >= 0.6 is 0 Å². The van der Waals surface area contributed by atoms with Crippen LogP contribution in [-0.4, -0.2) is 50.5 Å². The van der Waals surface area contributed by atoms with Crippen LogP contribution in [0, 0.1) is 0 Å². The number of carbonyl (C=O) groups is 1. The molecule has 0 radical (unpaired) electrons. The van der Waals surface area contributed by atoms with Crippen molar-refractivity contribution >= 4 is 17.9 Å². The minimum atomic E-state index is -1.19. The van der Waals surface area contributed by atoms with Crippen LogP contribution in [0.2, 0.25) is 0 Å². The molecule has 1 saturated heterocycles. The van der Waals surface area contributed by atoms with Crippen LogP contribution in [0.5, 0.6) is 5.75 Å². The molecule has 0 amide bonds. The fourth-order valence-corrected chi connectivity index (χ4v) is 2.88. The Kier molecular flexibility index (Phi) is 5.18. The molecule has 2 aromatic carbocycles. The molecule has 130 valence electrons. The van der Waals surface area contributed by atoms with Crippen molar-refractivity contribution < 1.29 is 14.6 Å². The van der Waals surface area contributed by atoms with E-state index in [1.807, 2.05) is 29.3 Å². The van der Waals surface area contributed by atoms with Gasteiger partial charge in [-0.25, -0.2) is 0 Å². The molecule has 0 aliphatic carbocycles. The summed E-state index contributed by atoms with van der Waals surface area (Å²) in [7, 11) is 1.67. The Labute approximate surface area is 146 Å². The van der Waals surface area contributed by atoms with E-state index in [0.717, 1.165) is 37.6 Å². The number of ether oxygens (including phenoxy) is 1. The van der Waals surface area contributed by atoms with Crippen molar-refractivity contribution in [3.05, 3.63) is 59.7 Å². The Hall–Kier alpha value is -3.02. The van der Waals surface area contributed by atoms with Gasteiger partial charge in [-0.2, -0.15) is 5.10 Å². The van der Waals surface area contributed by atoms with Gasteiger partial charge in [0.25, 0.3) is 0 Å². The lowest BCUT2D eigenvalue weighted by molar-refractivity contribution is -0.255. The van der Waals surface area contributed by atoms with Gasteiger partial charge in [0.05, 0.1) is 38.1 Å². The van der Waals surface area contributed by atoms with E-state index in [4.69, 9.17) is 4.74 Å². The first-order valence-electron chi connectivity index (χ1n) is 8.16. The van der Waals surface area contributed by atoms with Crippen molar-refractivity contribution in [2.24, 2.45) is 5.10 Å². The van der Waals surface area contributed by atoms with Crippen LogP contribution in [0.15, 0.2) is 53.6 Å². The summed E-state index contributed by atoms with van der Waals surface area (Å²) in [5.41, 5.74) is 1.78. The second kappa shape index (κ2) is 7.70. The third-order valence-electron chi connectivity index (χ3n) is 4.22. The van der Waals surface area contributed by atoms with E-state index >= 15 is 0 Å². The van der Waals surface area contributed by atoms with E-state index in [1.165, 1.54) is 6.07 Å². The van der Waals surface area contributed by atoms with Gasteiger partial charge in [0.2, 0.25) is 0 Å². The van der Waals surface area contributed by atoms with Gasteiger partial charge >= 0.3 is 0 Å². The van der Waals surface area contributed by atoms with Gasteiger partial charge in [-0.05, 0) is 12.1 Å². The molecule has 0 atom stereocenters. The zero-order valence-electron chi connectivity index (χ0n) is 14.1. The van der Waals surface area contributed by atoms with Gasteiger partial charge < -0.3 is 19.5 Å². The highest BCUT2D eigenvalue weighted by Gasteiger charge is 2.18. The molecule has 1 heterocycles. The fraction of sp³-hybridized carbons (Fsp3) is 0.263. The SMILES string of the molecule is COc1ccccc1N1CCN(/N=C\c2ccccc2C(=O)[O-])CC1. The van der Waals surface area contributed by atoms with Crippen LogP contribution in [0.25, 0.3) is 0 Å². The van der Waals surface area contributed by atoms with E-state index in [-0.39, 0.29) is 5.56 Å². The normalized spacial score (nSPS) is 14.8. The monoisotopic (exact) mass is 338 g/mol. The number of carboxylic acids is 1. The molecule has 3 rings (SSSR count). The molecule has 0 unspecified atom stereocenters. The summed E-state index contributed by atoms with van der Waals surface area (Å²) < 4.78 is 5.42. The van der Waals surface area contributed by atoms with Crippen molar-refractivity contribution in [2.75, 3.05) is 38.2 Å². The number of aromatic carboxylic acids is 1. The topological polar surface area (TPSA) is 68.2 Å². The Bertz CT molecular complexity index is 768. The quantitative estimate of drug-likeness (QED) is 0.767. The zero-order valence-corrected chi connectivity index (χ0v) is 14.1. The maximum Gasteiger partial charge on any atom is 0.142 e. The van der Waals surface area contributed by atoms with Crippen LogP contribution in [0.4, 0.5) is 5.69 Å². The standard InChI is InChI=1S/C19H21N3O3/c1-25-18-9-5-4-8-17(18)21-10-12-22(13-11-21)20-14-15-6-2-3-7-16(15)19(23)24/h2-9,14H,10-13H2,1H3,(H,23,24)/p-1/b20-14-. The Morgan fingerprint density at radius 2 is 1.76 bits per heavy atom. The van der Waals surface area contributed by atoms with Gasteiger partial charge in [0.1, 0.15) is 5.75 Å². The highest BCUT2D eigenvalue weighted by Crippen LogP contribution is 2.28. The third kappa shape index (κ3) is 3.91. The molecule has 6 heteroatoms. The average Bonchev–Trinajstić information content (AvgIpc) is 2.67. The lowest BCUT2D eigenvalue weighted by Crippen LogP contribution is -2.44. The molecule has 0 spiro atoms. The summed E-state index contributed by atoms with van der Waals surface area (Å²) in [6.45, 7) is 3.14. The molecule has 1 aliphatic heterocycles. The lowest BCUT2D eigenvalue weighted by Gasteiger charge is -2.35. The summed E-state index contributed by atoms with van der Waals surface area (Å²) >= 11 is 0. The van der Waals surface area contributed by atoms with Gasteiger partial charge in [-0.15, -0.1) is 0 Å². The van der Waals surface area contributed by atoms with Crippen molar-refractivity contribution in [1.29, 1.82) is 0 Å². The van der Waals surface area contributed by atoms with Crippen molar-refractivity contribution in [2.45, 2.75) is 0 Å². The first-order chi connectivity index (χ1) is 12.2. The maximum absolute atomic E-state index is 11.1. The second-order valence-electron chi connectivity index (χ2n) is 5.73. The summed E-state index contributed by atoms with van der Waals surface area (Å²) in [6.07, 6.45) is 1.59. The third-order valence-corrected chi connectivity index (χ3v) is 4.22. The number of hydrazone groups is 1. The maximum atomic E-state index is 11.1. The lowest BCUT2D eigenvalue weighted by atomic mass is 10.1. The number of carboxylic acid groups (broad SMARTS) is 1. The minimum Gasteiger partial charge on any atom is -0.545 e. The molecule has 1 fully saturated rings. The van der Waals surface area contributed by atoms with Crippen molar-refractivity contribution in [1.82, 2.24) is 5.01 Å². The van der Waals surface area contributed by atoms with E-state index in [0.29, 0.717) is 5.56 Å². The Morgan fingerprint density at radius 3 is 2.48 bits per heavy atom. The van der Waals surface area contributed by atoms with Crippen LogP contribution in [0.1, 0.15) is 15.9 Å². The minimum absolute atomic E-state index is 0.152. The number of hydrogen-bond donors (Lipinski definition) is 0. The van der Waals surface area contributed by atoms with E-state index in [1.54, 1.807) is 31.5 Å². The van der Waals surface area contributed by atoms with E-state index in [2.05, 4.69) is 10.0 Å². The number of hydrogen-bond acceptors (Lipinski definition) is 6. The zero-order chi connectivity index (χ0) is 17.6. The summed E-state index contributed by atoms with van der Waals surface area (Å²) in [6, 6.07) is 14.7. The number of rotatable bonds is 5. The predicted molar refractivity (Wildman–Crippen MR) is 95.1 cm³/mol. The Morgan fingerprint density at radius 1 is 1.08 bits per heavy atom. The predicted octanol–water partition coefficient (Wildman–Crippen LogP) is 1.21. The molecule has 25 heavy (non-hydrogen) atoms. The van der Waals surface area contributed by atoms with Gasteiger partial charge in [-0.1, -0.05) is 36.4 Å².